The summed E-state index contributed by atoms with van der Waals surface area (Å²) >= 11 is 0. The minimum absolute atomic E-state index is 0.422. The molecule has 78 valence electrons. The Hall–Kier alpha value is -0.860. The van der Waals surface area contributed by atoms with Gasteiger partial charge in [-0.05, 0) is 38.7 Å². The highest BCUT2D eigenvalue weighted by Crippen LogP contribution is 2.17. The fourth-order valence-electron chi connectivity index (χ4n) is 1.41. The van der Waals surface area contributed by atoms with Gasteiger partial charge >= 0.3 is 0 Å². The van der Waals surface area contributed by atoms with Gasteiger partial charge in [0, 0.05) is 0 Å². The van der Waals surface area contributed by atoms with Crippen LogP contribution >= 0.6 is 0 Å². The second-order valence-corrected chi connectivity index (χ2v) is 4.19. The lowest BCUT2D eigenvalue weighted by Gasteiger charge is -2.19. The summed E-state index contributed by atoms with van der Waals surface area (Å²) in [6.07, 6.45) is 2.92. The maximum Gasteiger partial charge on any atom is 0.0977 e. The van der Waals surface area contributed by atoms with Crippen LogP contribution in [0, 0.1) is 0 Å². The molecule has 0 heterocycles. The van der Waals surface area contributed by atoms with Crippen molar-refractivity contribution in [1.29, 1.82) is 0 Å². The molecule has 2 heteroatoms. The van der Waals surface area contributed by atoms with Crippen molar-refractivity contribution in [1.82, 2.24) is 0 Å². The molecular formula is C12H18O2. The largest absolute Gasteiger partial charge is 0.251 e. The first-order chi connectivity index (χ1) is 6.64. The average molecular weight is 194 g/mol. The van der Waals surface area contributed by atoms with Crippen LogP contribution in [0.25, 0.3) is 0 Å². The standard InChI is InChI=1S/C12H18O2/c1-12(2,14-13)10-6-9-11-7-4-3-5-8-11/h3-5,7-8,13H,6,9-10H2,1-2H3. The van der Waals surface area contributed by atoms with Crippen molar-refractivity contribution in [2.24, 2.45) is 0 Å². The zero-order valence-electron chi connectivity index (χ0n) is 8.86. The first-order valence-electron chi connectivity index (χ1n) is 5.00. The molecule has 0 radical (unpaired) electrons. The molecule has 14 heavy (non-hydrogen) atoms. The van der Waals surface area contributed by atoms with E-state index in [0.29, 0.717) is 0 Å². The zero-order valence-corrected chi connectivity index (χ0v) is 8.86. The molecule has 0 aliphatic carbocycles. The summed E-state index contributed by atoms with van der Waals surface area (Å²) in [6.45, 7) is 3.77. The van der Waals surface area contributed by atoms with E-state index in [-0.39, 0.29) is 0 Å². The molecular weight excluding hydrogens is 176 g/mol. The molecule has 0 saturated carbocycles. The Kier molecular flexibility index (Phi) is 4.11. The summed E-state index contributed by atoms with van der Waals surface area (Å²) in [5, 5.41) is 8.59. The predicted molar refractivity (Wildman–Crippen MR) is 57.2 cm³/mol. The van der Waals surface area contributed by atoms with Crippen molar-refractivity contribution in [2.75, 3.05) is 0 Å². The minimum Gasteiger partial charge on any atom is -0.251 e. The van der Waals surface area contributed by atoms with Crippen molar-refractivity contribution in [3.63, 3.8) is 0 Å². The van der Waals surface area contributed by atoms with Crippen molar-refractivity contribution in [3.05, 3.63) is 35.9 Å². The van der Waals surface area contributed by atoms with Crippen molar-refractivity contribution < 1.29 is 10.1 Å². The second kappa shape index (κ2) is 5.13. The molecule has 0 aliphatic rings. The molecule has 0 unspecified atom stereocenters. The number of hydrogen-bond acceptors (Lipinski definition) is 2. The highest BCUT2D eigenvalue weighted by atomic mass is 17.1. The number of hydrogen-bond donors (Lipinski definition) is 1. The van der Waals surface area contributed by atoms with E-state index in [9.17, 15) is 0 Å². The molecule has 2 nitrogen and oxygen atoms in total. The highest BCUT2D eigenvalue weighted by molar-refractivity contribution is 5.14. The summed E-state index contributed by atoms with van der Waals surface area (Å²) in [5.74, 6) is 0. The van der Waals surface area contributed by atoms with Gasteiger partial charge in [0.1, 0.15) is 0 Å². The third-order valence-corrected chi connectivity index (χ3v) is 2.33. The topological polar surface area (TPSA) is 29.5 Å². The van der Waals surface area contributed by atoms with Crippen molar-refractivity contribution in [2.45, 2.75) is 38.7 Å². The molecule has 0 bridgehead atoms. The lowest BCUT2D eigenvalue weighted by Crippen LogP contribution is -2.22. The molecule has 1 N–H and O–H groups in total. The normalized spacial score (nSPS) is 11.6. The van der Waals surface area contributed by atoms with Gasteiger partial charge in [-0.3, -0.25) is 5.26 Å². The zero-order chi connectivity index (χ0) is 10.4. The van der Waals surface area contributed by atoms with E-state index < -0.39 is 5.60 Å². The van der Waals surface area contributed by atoms with Gasteiger partial charge in [0.15, 0.2) is 0 Å². The van der Waals surface area contributed by atoms with Crippen LogP contribution in [0.3, 0.4) is 0 Å². The van der Waals surface area contributed by atoms with E-state index in [2.05, 4.69) is 17.0 Å². The fraction of sp³-hybridized carbons (Fsp3) is 0.500. The van der Waals surface area contributed by atoms with Crippen LogP contribution in [-0.2, 0) is 11.3 Å². The average Bonchev–Trinajstić information content (AvgIpc) is 2.19. The number of benzene rings is 1. The molecule has 0 aromatic heterocycles. The molecule has 1 aromatic rings. The maximum atomic E-state index is 8.59. The Bertz CT molecular complexity index is 254. The quantitative estimate of drug-likeness (QED) is 0.575. The van der Waals surface area contributed by atoms with Crippen molar-refractivity contribution >= 4 is 0 Å². The predicted octanol–water partition coefficient (Wildman–Crippen LogP) is 3.28. The van der Waals surface area contributed by atoms with E-state index in [1.807, 2.05) is 32.0 Å². The molecule has 1 rings (SSSR count). The van der Waals surface area contributed by atoms with Gasteiger partial charge in [0.05, 0.1) is 5.60 Å². The first kappa shape index (κ1) is 11.2. The molecule has 0 aliphatic heterocycles. The molecule has 1 aromatic carbocycles. The highest BCUT2D eigenvalue weighted by Gasteiger charge is 2.17. The van der Waals surface area contributed by atoms with Crippen LogP contribution in [0.1, 0.15) is 32.3 Å². The van der Waals surface area contributed by atoms with Gasteiger partial charge in [-0.2, -0.15) is 0 Å². The third-order valence-electron chi connectivity index (χ3n) is 2.33. The lowest BCUT2D eigenvalue weighted by atomic mass is 9.99. The Morgan fingerprint density at radius 3 is 2.43 bits per heavy atom. The van der Waals surface area contributed by atoms with E-state index in [0.717, 1.165) is 19.3 Å². The Labute approximate surface area is 85.5 Å². The van der Waals surface area contributed by atoms with Gasteiger partial charge in [-0.25, -0.2) is 4.89 Å². The maximum absolute atomic E-state index is 8.59. The molecule has 0 saturated heterocycles. The first-order valence-corrected chi connectivity index (χ1v) is 5.00. The fourth-order valence-corrected chi connectivity index (χ4v) is 1.41. The van der Waals surface area contributed by atoms with Gasteiger partial charge in [0.25, 0.3) is 0 Å². The molecule has 0 spiro atoms. The smallest absolute Gasteiger partial charge is 0.0977 e. The summed E-state index contributed by atoms with van der Waals surface area (Å²) in [7, 11) is 0. The van der Waals surface area contributed by atoms with Gasteiger partial charge in [-0.1, -0.05) is 30.3 Å². The van der Waals surface area contributed by atoms with Crippen molar-refractivity contribution in [3.8, 4) is 0 Å². The monoisotopic (exact) mass is 194 g/mol. The number of aryl methyl sites for hydroxylation is 1. The molecule has 0 fully saturated rings. The van der Waals surface area contributed by atoms with Crippen LogP contribution in [0.4, 0.5) is 0 Å². The SMILES string of the molecule is CC(C)(CCCc1ccccc1)OO. The molecule has 0 atom stereocenters. The van der Waals surface area contributed by atoms with Crippen LogP contribution in [0.2, 0.25) is 0 Å². The third kappa shape index (κ3) is 3.90. The summed E-state index contributed by atoms with van der Waals surface area (Å²) in [6, 6.07) is 10.3. The van der Waals surface area contributed by atoms with Gasteiger partial charge in [-0.15, -0.1) is 0 Å². The van der Waals surface area contributed by atoms with E-state index in [4.69, 9.17) is 5.26 Å². The van der Waals surface area contributed by atoms with Gasteiger partial charge < -0.3 is 0 Å². The number of rotatable bonds is 5. The van der Waals surface area contributed by atoms with Crippen LogP contribution in [0.5, 0.6) is 0 Å². The summed E-state index contributed by atoms with van der Waals surface area (Å²) in [4.78, 5) is 4.38. The molecule has 0 amide bonds. The Morgan fingerprint density at radius 2 is 1.86 bits per heavy atom. The summed E-state index contributed by atoms with van der Waals surface area (Å²) < 4.78 is 0. The van der Waals surface area contributed by atoms with Crippen LogP contribution < -0.4 is 0 Å². The van der Waals surface area contributed by atoms with Crippen LogP contribution in [-0.4, -0.2) is 10.9 Å². The lowest BCUT2D eigenvalue weighted by molar-refractivity contribution is -0.314. The van der Waals surface area contributed by atoms with E-state index in [1.165, 1.54) is 5.56 Å². The van der Waals surface area contributed by atoms with Crippen LogP contribution in [0.15, 0.2) is 30.3 Å². The Morgan fingerprint density at radius 1 is 1.21 bits per heavy atom. The summed E-state index contributed by atoms with van der Waals surface area (Å²) in [5.41, 5.74) is 0.913. The van der Waals surface area contributed by atoms with E-state index >= 15 is 0 Å². The minimum atomic E-state index is -0.422. The van der Waals surface area contributed by atoms with E-state index in [1.54, 1.807) is 0 Å². The second-order valence-electron chi connectivity index (χ2n) is 4.19. The van der Waals surface area contributed by atoms with Gasteiger partial charge in [0.2, 0.25) is 0 Å². The Balaban J connectivity index is 2.29.